The standard InChI is InChI=1S/C27H32ClN3O4/c28-21-4-7-25-24(18-21)23-8-9-31(19-32)27(26(23)29-25)20-2-5-22(6-3-20)35-14-1-13-33-15-10-30-11-16-34-17-12-30/h2-7,18-19,27,29H,1,8-17H2. The molecule has 7 nitrogen and oxygen atoms in total. The molecule has 0 saturated carbocycles. The summed E-state index contributed by atoms with van der Waals surface area (Å²) in [5.41, 5.74) is 4.39. The van der Waals surface area contributed by atoms with Crippen LogP contribution >= 0.6 is 11.6 Å². The molecule has 1 saturated heterocycles. The van der Waals surface area contributed by atoms with Gasteiger partial charge in [0.1, 0.15) is 5.75 Å². The number of nitrogens with zero attached hydrogens (tertiary/aromatic N) is 2. The number of morpholine rings is 1. The fourth-order valence-corrected chi connectivity index (χ4v) is 5.14. The van der Waals surface area contributed by atoms with Gasteiger partial charge in [-0.05, 0) is 47.9 Å². The molecule has 2 aromatic carbocycles. The van der Waals surface area contributed by atoms with Gasteiger partial charge >= 0.3 is 0 Å². The van der Waals surface area contributed by atoms with E-state index in [0.717, 1.165) is 91.6 Å². The number of aromatic amines is 1. The van der Waals surface area contributed by atoms with Crippen molar-refractivity contribution >= 4 is 28.9 Å². The quantitative estimate of drug-likeness (QED) is 0.338. The molecule has 1 unspecified atom stereocenters. The maximum Gasteiger partial charge on any atom is 0.210 e. The van der Waals surface area contributed by atoms with Gasteiger partial charge in [-0.15, -0.1) is 0 Å². The molecule has 1 atom stereocenters. The predicted octanol–water partition coefficient (Wildman–Crippen LogP) is 4.04. The number of H-pyrrole nitrogens is 1. The molecule has 1 amide bonds. The second-order valence-corrected chi connectivity index (χ2v) is 9.48. The van der Waals surface area contributed by atoms with Gasteiger partial charge in [0, 0.05) is 60.8 Å². The van der Waals surface area contributed by atoms with Crippen molar-refractivity contribution in [1.29, 1.82) is 0 Å². The van der Waals surface area contributed by atoms with Gasteiger partial charge in [0.2, 0.25) is 6.41 Å². The minimum atomic E-state index is -0.156. The van der Waals surface area contributed by atoms with Crippen LogP contribution in [0.5, 0.6) is 5.75 Å². The lowest BCUT2D eigenvalue weighted by molar-refractivity contribution is -0.120. The highest BCUT2D eigenvalue weighted by atomic mass is 35.5. The summed E-state index contributed by atoms with van der Waals surface area (Å²) in [4.78, 5) is 19.6. The number of halogens is 1. The predicted molar refractivity (Wildman–Crippen MR) is 136 cm³/mol. The van der Waals surface area contributed by atoms with Crippen LogP contribution in [0.1, 0.15) is 29.3 Å². The van der Waals surface area contributed by atoms with Crippen LogP contribution in [0.25, 0.3) is 10.9 Å². The van der Waals surface area contributed by atoms with Crippen molar-refractivity contribution in [2.45, 2.75) is 18.9 Å². The van der Waals surface area contributed by atoms with E-state index < -0.39 is 0 Å². The van der Waals surface area contributed by atoms with Gasteiger partial charge < -0.3 is 24.1 Å². The summed E-state index contributed by atoms with van der Waals surface area (Å²) < 4.78 is 17.0. The van der Waals surface area contributed by atoms with Crippen LogP contribution in [0.4, 0.5) is 0 Å². The number of nitrogens with one attached hydrogen (secondary N) is 1. The fourth-order valence-electron chi connectivity index (χ4n) is 4.97. The van der Waals surface area contributed by atoms with Crippen molar-refractivity contribution < 1.29 is 19.0 Å². The summed E-state index contributed by atoms with van der Waals surface area (Å²) in [6.45, 7) is 7.27. The molecule has 3 aromatic rings. The first-order chi connectivity index (χ1) is 17.2. The topological polar surface area (TPSA) is 67.0 Å². The van der Waals surface area contributed by atoms with Crippen molar-refractivity contribution in [3.8, 4) is 5.75 Å². The number of hydrogen-bond donors (Lipinski definition) is 1. The summed E-state index contributed by atoms with van der Waals surface area (Å²) in [5.74, 6) is 0.819. The van der Waals surface area contributed by atoms with Gasteiger partial charge in [-0.25, -0.2) is 0 Å². The Balaban J connectivity index is 1.15. The summed E-state index contributed by atoms with van der Waals surface area (Å²) in [6, 6.07) is 13.8. The van der Waals surface area contributed by atoms with E-state index in [-0.39, 0.29) is 6.04 Å². The smallest absolute Gasteiger partial charge is 0.210 e. The van der Waals surface area contributed by atoms with Crippen molar-refractivity contribution in [2.75, 3.05) is 59.2 Å². The molecule has 2 aliphatic rings. The average molecular weight is 498 g/mol. The van der Waals surface area contributed by atoms with Crippen molar-refractivity contribution in [3.63, 3.8) is 0 Å². The molecule has 3 heterocycles. The number of benzene rings is 2. The minimum Gasteiger partial charge on any atom is -0.494 e. The number of aromatic nitrogens is 1. The van der Waals surface area contributed by atoms with E-state index in [0.29, 0.717) is 19.8 Å². The Kier molecular flexibility index (Phi) is 7.88. The molecule has 8 heteroatoms. The number of hydrogen-bond acceptors (Lipinski definition) is 5. The van der Waals surface area contributed by atoms with E-state index in [9.17, 15) is 4.79 Å². The lowest BCUT2D eigenvalue weighted by Gasteiger charge is -2.33. The van der Waals surface area contributed by atoms with E-state index in [1.807, 2.05) is 47.4 Å². The Morgan fingerprint density at radius 2 is 1.89 bits per heavy atom. The Hall–Kier alpha value is -2.58. The maximum absolute atomic E-state index is 11.9. The second kappa shape index (κ2) is 11.4. The van der Waals surface area contributed by atoms with Crippen LogP contribution in [0.3, 0.4) is 0 Å². The third-order valence-electron chi connectivity index (χ3n) is 6.81. The zero-order chi connectivity index (χ0) is 24.0. The van der Waals surface area contributed by atoms with Crippen LogP contribution in [0.15, 0.2) is 42.5 Å². The molecule has 0 radical (unpaired) electrons. The highest BCUT2D eigenvalue weighted by Crippen LogP contribution is 2.38. The highest BCUT2D eigenvalue weighted by molar-refractivity contribution is 6.31. The lowest BCUT2D eigenvalue weighted by Crippen LogP contribution is -2.38. The number of fused-ring (bicyclic) bond motifs is 3. The Morgan fingerprint density at radius 1 is 1.06 bits per heavy atom. The Bertz CT molecular complexity index is 1130. The number of carbonyl (C=O) groups excluding carboxylic acids is 1. The summed E-state index contributed by atoms with van der Waals surface area (Å²) in [7, 11) is 0. The van der Waals surface area contributed by atoms with E-state index in [2.05, 4.69) is 9.88 Å². The fraction of sp³-hybridized carbons (Fsp3) is 0.444. The molecule has 0 spiro atoms. The molecule has 35 heavy (non-hydrogen) atoms. The van der Waals surface area contributed by atoms with Crippen LogP contribution in [-0.4, -0.2) is 80.4 Å². The lowest BCUT2D eigenvalue weighted by atomic mass is 9.93. The summed E-state index contributed by atoms with van der Waals surface area (Å²) in [5, 5.41) is 1.85. The molecule has 1 N–H and O–H groups in total. The maximum atomic E-state index is 11.9. The van der Waals surface area contributed by atoms with Crippen LogP contribution < -0.4 is 4.74 Å². The van der Waals surface area contributed by atoms with E-state index in [4.69, 9.17) is 25.8 Å². The molecule has 2 aliphatic heterocycles. The molecular weight excluding hydrogens is 466 g/mol. The van der Waals surface area contributed by atoms with Crippen molar-refractivity contribution in [2.24, 2.45) is 0 Å². The van der Waals surface area contributed by atoms with Crippen LogP contribution in [0.2, 0.25) is 5.02 Å². The summed E-state index contributed by atoms with van der Waals surface area (Å²) >= 11 is 6.25. The van der Waals surface area contributed by atoms with Gasteiger partial charge in [0.15, 0.2) is 0 Å². The van der Waals surface area contributed by atoms with Gasteiger partial charge in [-0.2, -0.15) is 0 Å². The van der Waals surface area contributed by atoms with Crippen molar-refractivity contribution in [3.05, 3.63) is 64.3 Å². The third kappa shape index (κ3) is 5.64. The minimum absolute atomic E-state index is 0.156. The molecule has 186 valence electrons. The van der Waals surface area contributed by atoms with Crippen molar-refractivity contribution in [1.82, 2.24) is 14.8 Å². The number of amides is 1. The molecule has 1 aromatic heterocycles. The van der Waals surface area contributed by atoms with E-state index >= 15 is 0 Å². The van der Waals surface area contributed by atoms with Crippen LogP contribution in [0, 0.1) is 0 Å². The molecule has 5 rings (SSSR count). The highest BCUT2D eigenvalue weighted by Gasteiger charge is 2.31. The van der Waals surface area contributed by atoms with Gasteiger partial charge in [0.25, 0.3) is 0 Å². The summed E-state index contributed by atoms with van der Waals surface area (Å²) in [6.07, 6.45) is 2.59. The Morgan fingerprint density at radius 3 is 2.69 bits per heavy atom. The van der Waals surface area contributed by atoms with E-state index in [1.165, 1.54) is 5.56 Å². The molecule has 1 fully saturated rings. The zero-order valence-corrected chi connectivity index (χ0v) is 20.6. The molecule has 0 aliphatic carbocycles. The third-order valence-corrected chi connectivity index (χ3v) is 7.05. The number of ether oxygens (including phenoxy) is 3. The first-order valence-corrected chi connectivity index (χ1v) is 12.7. The molecule has 0 bridgehead atoms. The molecular formula is C27H32ClN3O4. The van der Waals surface area contributed by atoms with Gasteiger partial charge in [-0.1, -0.05) is 23.7 Å². The van der Waals surface area contributed by atoms with Gasteiger partial charge in [-0.3, -0.25) is 9.69 Å². The second-order valence-electron chi connectivity index (χ2n) is 9.04. The first-order valence-electron chi connectivity index (χ1n) is 12.3. The van der Waals surface area contributed by atoms with Crippen LogP contribution in [-0.2, 0) is 20.7 Å². The number of rotatable bonds is 10. The normalized spacial score (nSPS) is 18.5. The monoisotopic (exact) mass is 497 g/mol. The largest absolute Gasteiger partial charge is 0.494 e. The first kappa shape index (κ1) is 24.1. The SMILES string of the molecule is O=CN1CCc2c([nH]c3ccc(Cl)cc23)C1c1ccc(OCCCOCCN2CCOCC2)cc1. The number of carbonyl (C=O) groups is 1. The zero-order valence-electron chi connectivity index (χ0n) is 19.9. The Labute approximate surface area is 210 Å². The average Bonchev–Trinajstić information content (AvgIpc) is 3.26. The van der Waals surface area contributed by atoms with E-state index in [1.54, 1.807) is 0 Å². The van der Waals surface area contributed by atoms with Gasteiger partial charge in [0.05, 0.1) is 32.5 Å².